The quantitative estimate of drug-likeness (QED) is 0.468. The van der Waals surface area contributed by atoms with Gasteiger partial charge in [0.1, 0.15) is 12.4 Å². The average Bonchev–Trinajstić information content (AvgIpc) is 3.19. The molecule has 0 radical (unpaired) electrons. The lowest BCUT2D eigenvalue weighted by Gasteiger charge is -2.06. The number of amides is 1. The van der Waals surface area contributed by atoms with Crippen LogP contribution >= 0.6 is 0 Å². The Balaban J connectivity index is 1.31. The molecule has 0 atom stereocenters. The van der Waals surface area contributed by atoms with Crippen LogP contribution in [0.5, 0.6) is 5.75 Å². The van der Waals surface area contributed by atoms with Crippen LogP contribution in [0.1, 0.15) is 28.3 Å². The standard InChI is InChI=1S/C24H23N5O2/c1-17-14-18(2)29-22(27-28-24(29)26-17)15-25-23(30)13-10-19-8-11-21(12-9-19)31-16-20-6-4-3-5-7-20/h3-14H,15-16H2,1-2H3,(H,25,30)/b13-10+. The highest BCUT2D eigenvalue weighted by Gasteiger charge is 2.10. The monoisotopic (exact) mass is 413 g/mol. The van der Waals surface area contributed by atoms with Crippen molar-refractivity contribution >= 4 is 17.8 Å². The molecule has 7 heteroatoms. The van der Waals surface area contributed by atoms with Crippen LogP contribution in [0.25, 0.3) is 11.9 Å². The number of hydrogen-bond donors (Lipinski definition) is 1. The minimum atomic E-state index is -0.209. The van der Waals surface area contributed by atoms with E-state index in [-0.39, 0.29) is 12.5 Å². The summed E-state index contributed by atoms with van der Waals surface area (Å²) in [6, 6.07) is 19.6. The molecule has 2 aromatic heterocycles. The zero-order valence-corrected chi connectivity index (χ0v) is 17.4. The minimum absolute atomic E-state index is 0.209. The van der Waals surface area contributed by atoms with Gasteiger partial charge >= 0.3 is 0 Å². The van der Waals surface area contributed by atoms with Crippen molar-refractivity contribution in [3.63, 3.8) is 0 Å². The van der Waals surface area contributed by atoms with Crippen molar-refractivity contribution in [1.82, 2.24) is 24.9 Å². The fourth-order valence-electron chi connectivity index (χ4n) is 3.23. The molecule has 0 saturated heterocycles. The highest BCUT2D eigenvalue weighted by molar-refractivity contribution is 5.91. The first-order valence-electron chi connectivity index (χ1n) is 9.99. The van der Waals surface area contributed by atoms with Gasteiger partial charge in [-0.05, 0) is 49.2 Å². The maximum absolute atomic E-state index is 12.2. The van der Waals surface area contributed by atoms with E-state index in [4.69, 9.17) is 4.74 Å². The minimum Gasteiger partial charge on any atom is -0.489 e. The van der Waals surface area contributed by atoms with E-state index in [0.717, 1.165) is 28.3 Å². The normalized spacial score (nSPS) is 11.2. The molecule has 4 aromatic rings. The average molecular weight is 413 g/mol. The first-order valence-corrected chi connectivity index (χ1v) is 9.99. The van der Waals surface area contributed by atoms with Gasteiger partial charge in [-0.3, -0.25) is 9.20 Å². The Morgan fingerprint density at radius 3 is 2.61 bits per heavy atom. The lowest BCUT2D eigenvalue weighted by Crippen LogP contribution is -2.22. The van der Waals surface area contributed by atoms with Gasteiger partial charge < -0.3 is 10.1 Å². The van der Waals surface area contributed by atoms with Crippen molar-refractivity contribution in [2.45, 2.75) is 27.0 Å². The zero-order chi connectivity index (χ0) is 21.6. The van der Waals surface area contributed by atoms with Crippen molar-refractivity contribution in [1.29, 1.82) is 0 Å². The van der Waals surface area contributed by atoms with Crippen molar-refractivity contribution in [3.8, 4) is 5.75 Å². The second kappa shape index (κ2) is 9.21. The third-order valence-electron chi connectivity index (χ3n) is 4.74. The van der Waals surface area contributed by atoms with Crippen molar-refractivity contribution in [3.05, 3.63) is 95.1 Å². The Bertz CT molecular complexity index is 1210. The molecule has 7 nitrogen and oxygen atoms in total. The van der Waals surface area contributed by atoms with Gasteiger partial charge in [-0.15, -0.1) is 10.2 Å². The molecule has 0 aliphatic carbocycles. The molecule has 0 saturated carbocycles. The summed E-state index contributed by atoms with van der Waals surface area (Å²) in [5.41, 5.74) is 3.88. The number of fused-ring (bicyclic) bond motifs is 1. The highest BCUT2D eigenvalue weighted by Crippen LogP contribution is 2.15. The third kappa shape index (κ3) is 5.14. The maximum atomic E-state index is 12.2. The summed E-state index contributed by atoms with van der Waals surface area (Å²) >= 11 is 0. The van der Waals surface area contributed by atoms with Crippen molar-refractivity contribution < 1.29 is 9.53 Å². The van der Waals surface area contributed by atoms with E-state index in [9.17, 15) is 4.79 Å². The molecule has 0 bridgehead atoms. The van der Waals surface area contributed by atoms with Crippen LogP contribution in [0.15, 0.2) is 66.7 Å². The molecule has 0 unspecified atom stereocenters. The van der Waals surface area contributed by atoms with E-state index < -0.39 is 0 Å². The predicted molar refractivity (Wildman–Crippen MR) is 118 cm³/mol. The molecular formula is C24H23N5O2. The zero-order valence-electron chi connectivity index (χ0n) is 17.4. The number of nitrogens with one attached hydrogen (secondary N) is 1. The lowest BCUT2D eigenvalue weighted by molar-refractivity contribution is -0.116. The molecule has 156 valence electrons. The number of hydrogen-bond acceptors (Lipinski definition) is 5. The first-order chi connectivity index (χ1) is 15.1. The van der Waals surface area contributed by atoms with Gasteiger partial charge in [-0.1, -0.05) is 42.5 Å². The second-order valence-corrected chi connectivity index (χ2v) is 7.18. The molecule has 31 heavy (non-hydrogen) atoms. The van der Waals surface area contributed by atoms with Gasteiger partial charge in [0.2, 0.25) is 5.91 Å². The fraction of sp³-hybridized carbons (Fsp3) is 0.167. The molecule has 0 aliphatic rings. The van der Waals surface area contributed by atoms with Gasteiger partial charge in [-0.2, -0.15) is 0 Å². The Morgan fingerprint density at radius 1 is 1.06 bits per heavy atom. The van der Waals surface area contributed by atoms with E-state index >= 15 is 0 Å². The lowest BCUT2D eigenvalue weighted by atomic mass is 10.2. The van der Waals surface area contributed by atoms with Gasteiger partial charge in [0.25, 0.3) is 5.78 Å². The van der Waals surface area contributed by atoms with Crippen molar-refractivity contribution in [2.24, 2.45) is 0 Å². The number of carbonyl (C=O) groups excluding carboxylic acids is 1. The van der Waals surface area contributed by atoms with Crippen molar-refractivity contribution in [2.75, 3.05) is 0 Å². The van der Waals surface area contributed by atoms with Gasteiger partial charge in [0.05, 0.1) is 6.54 Å². The fourth-order valence-corrected chi connectivity index (χ4v) is 3.23. The number of benzene rings is 2. The summed E-state index contributed by atoms with van der Waals surface area (Å²) in [6.07, 6.45) is 3.26. The number of nitrogens with zero attached hydrogens (tertiary/aromatic N) is 4. The van der Waals surface area contributed by atoms with E-state index in [2.05, 4.69) is 20.5 Å². The van der Waals surface area contributed by atoms with E-state index in [1.165, 1.54) is 6.08 Å². The molecule has 1 N–H and O–H groups in total. The topological polar surface area (TPSA) is 81.4 Å². The van der Waals surface area contributed by atoms with E-state index in [0.29, 0.717) is 18.2 Å². The summed E-state index contributed by atoms with van der Waals surface area (Å²) in [4.78, 5) is 16.6. The summed E-state index contributed by atoms with van der Waals surface area (Å²) in [5.74, 6) is 1.75. The van der Waals surface area contributed by atoms with Crippen LogP contribution in [-0.2, 0) is 17.9 Å². The SMILES string of the molecule is Cc1cc(C)n2c(CNC(=O)/C=C/c3ccc(OCc4ccccc4)cc3)nnc2n1. The number of rotatable bonds is 7. The van der Waals surface area contributed by atoms with Crippen LogP contribution in [0.3, 0.4) is 0 Å². The Hall–Kier alpha value is -4.00. The largest absolute Gasteiger partial charge is 0.489 e. The third-order valence-corrected chi connectivity index (χ3v) is 4.74. The predicted octanol–water partition coefficient (Wildman–Crippen LogP) is 3.65. The van der Waals surface area contributed by atoms with Crippen LogP contribution in [0.4, 0.5) is 0 Å². The summed E-state index contributed by atoms with van der Waals surface area (Å²) in [5, 5.41) is 11.0. The smallest absolute Gasteiger partial charge is 0.255 e. The van der Waals surface area contributed by atoms with Crippen LogP contribution in [0, 0.1) is 13.8 Å². The molecule has 0 spiro atoms. The van der Waals surface area contributed by atoms with E-state index in [1.807, 2.05) is 78.9 Å². The second-order valence-electron chi connectivity index (χ2n) is 7.18. The molecule has 0 aliphatic heterocycles. The van der Waals surface area contributed by atoms with Gasteiger partial charge in [0.15, 0.2) is 5.82 Å². The highest BCUT2D eigenvalue weighted by atomic mass is 16.5. The Morgan fingerprint density at radius 2 is 1.84 bits per heavy atom. The molecule has 2 heterocycles. The van der Waals surface area contributed by atoms with Gasteiger partial charge in [0, 0.05) is 17.5 Å². The Kier molecular flexibility index (Phi) is 6.03. The summed E-state index contributed by atoms with van der Waals surface area (Å²) < 4.78 is 7.62. The number of aryl methyl sites for hydroxylation is 2. The number of aromatic nitrogens is 4. The Labute approximate surface area is 180 Å². The van der Waals surface area contributed by atoms with Crippen LogP contribution in [-0.4, -0.2) is 25.5 Å². The van der Waals surface area contributed by atoms with Gasteiger partial charge in [-0.25, -0.2) is 4.98 Å². The number of carbonyl (C=O) groups is 1. The van der Waals surface area contributed by atoms with Crippen LogP contribution < -0.4 is 10.1 Å². The summed E-state index contributed by atoms with van der Waals surface area (Å²) in [7, 11) is 0. The molecule has 1 amide bonds. The molecular weight excluding hydrogens is 390 g/mol. The molecule has 2 aromatic carbocycles. The maximum Gasteiger partial charge on any atom is 0.255 e. The van der Waals surface area contributed by atoms with E-state index in [1.54, 1.807) is 6.08 Å². The van der Waals surface area contributed by atoms with Crippen LogP contribution in [0.2, 0.25) is 0 Å². The number of ether oxygens (including phenoxy) is 1. The summed E-state index contributed by atoms with van der Waals surface area (Å²) in [6.45, 7) is 4.66. The molecule has 0 fully saturated rings. The molecule has 4 rings (SSSR count). The first kappa shape index (κ1) is 20.3.